The Labute approximate surface area is 338 Å². The smallest absolute Gasteiger partial charge is 0.309 e. The highest BCUT2D eigenvalue weighted by Gasteiger charge is 2.55. The molecule has 0 saturated carbocycles. The number of hydrogen-bond donors (Lipinski definition) is 4. The molecule has 3 saturated heterocycles. The van der Waals surface area contributed by atoms with E-state index in [-0.39, 0.29) is 36.6 Å². The molecule has 3 heterocycles. The second kappa shape index (κ2) is 19.3. The lowest BCUT2D eigenvalue weighted by Gasteiger charge is -2.52. The summed E-state index contributed by atoms with van der Waals surface area (Å²) in [7, 11) is 3.58. The number of methoxy groups -OCH3 is 1. The van der Waals surface area contributed by atoms with Gasteiger partial charge in [0.1, 0.15) is 30.5 Å². The highest BCUT2D eigenvalue weighted by atomic mass is 16.7. The van der Waals surface area contributed by atoms with E-state index < -0.39 is 101 Å². The molecule has 328 valence electrons. The lowest BCUT2D eigenvalue weighted by Crippen LogP contribution is -2.61. The van der Waals surface area contributed by atoms with Gasteiger partial charge in [-0.1, -0.05) is 55.4 Å². The van der Waals surface area contributed by atoms with Crippen molar-refractivity contribution in [1.29, 1.82) is 0 Å². The molecule has 3 aliphatic heterocycles. The van der Waals surface area contributed by atoms with Crippen LogP contribution in [0.3, 0.4) is 0 Å². The molecule has 0 radical (unpaired) electrons. The molecule has 1 unspecified atom stereocenters. The van der Waals surface area contributed by atoms with Crippen molar-refractivity contribution in [2.24, 2.45) is 46.7 Å². The number of carbonyl (C=O) groups excluding carboxylic acids is 2. The van der Waals surface area contributed by atoms with Crippen LogP contribution in [0.25, 0.3) is 0 Å². The van der Waals surface area contributed by atoms with Crippen LogP contribution in [0.1, 0.15) is 123 Å². The standard InChI is InChI=1S/C43H80N2O11/c1-17-32-43(14,50)28(9)25(6)36(52-21-33(44)46)23(4)19-41(11,12)38(56-40-35(47)30(18-24(5)53-40)45(15)22(2)3)26(7)34(27(8)39(49)55-32)31-20-42(13,51-16)37(48)29(10)54-31/h22-32,34-38,40,47-48,50H,17-21H2,1-16H3,(H2,44,46)/t23-,24-,25-,26+,27-,28-,29+,30+,31-,32-,34?,35-,36+,37+,38-,40+,42-,43+/m1/s1. The maximum atomic E-state index is 14.6. The van der Waals surface area contributed by atoms with Gasteiger partial charge in [-0.05, 0) is 96.9 Å². The van der Waals surface area contributed by atoms with E-state index in [1.165, 1.54) is 0 Å². The molecule has 18 atom stereocenters. The minimum atomic E-state index is -1.45. The summed E-state index contributed by atoms with van der Waals surface area (Å²) in [6, 6.07) is -0.0452. The van der Waals surface area contributed by atoms with Crippen LogP contribution in [0.15, 0.2) is 0 Å². The highest BCUT2D eigenvalue weighted by Crippen LogP contribution is 2.48. The number of nitrogens with zero attached hydrogens (tertiary/aromatic N) is 1. The minimum Gasteiger partial charge on any atom is -0.459 e. The van der Waals surface area contributed by atoms with Crippen LogP contribution >= 0.6 is 0 Å². The Kier molecular flexibility index (Phi) is 16.9. The van der Waals surface area contributed by atoms with Crippen molar-refractivity contribution >= 4 is 11.9 Å². The third-order valence-electron chi connectivity index (χ3n) is 14.3. The molecule has 0 aliphatic carbocycles. The summed E-state index contributed by atoms with van der Waals surface area (Å²) in [6.45, 7) is 27.3. The van der Waals surface area contributed by atoms with Crippen molar-refractivity contribution in [3.05, 3.63) is 0 Å². The lowest BCUT2D eigenvalue weighted by molar-refractivity contribution is -0.296. The number of cyclic esters (lactones) is 1. The first-order chi connectivity index (χ1) is 25.7. The van der Waals surface area contributed by atoms with E-state index in [4.69, 9.17) is 34.2 Å². The Hall–Kier alpha value is -1.42. The first-order valence-electron chi connectivity index (χ1n) is 21.2. The topological polar surface area (TPSA) is 179 Å². The second-order valence-electron chi connectivity index (χ2n) is 19.3. The zero-order chi connectivity index (χ0) is 42.8. The molecule has 0 aromatic heterocycles. The van der Waals surface area contributed by atoms with Crippen LogP contribution in [0.4, 0.5) is 0 Å². The fourth-order valence-corrected chi connectivity index (χ4v) is 10.5. The number of carbonyl (C=O) groups is 2. The van der Waals surface area contributed by atoms with Gasteiger partial charge in [0.05, 0.1) is 42.0 Å². The SMILES string of the molecule is CC[C@H]1OC(=O)[C@H](C)C([C@H]2C[C@@](C)(OC)[C@@H](O)[C@H](C)O2)[C@H](C)[C@@H](O[C@@H]2O[C@H](C)C[C@H](N(C)C(C)C)[C@H]2O)C(C)(C)C[C@@H](C)[C@H](OCC(N)=O)[C@H](C)[C@@H](C)[C@]1(C)O. The average Bonchev–Trinajstić information content (AvgIpc) is 3.10. The van der Waals surface area contributed by atoms with Crippen LogP contribution in [0, 0.1) is 40.9 Å². The summed E-state index contributed by atoms with van der Waals surface area (Å²) < 4.78 is 38.8. The van der Waals surface area contributed by atoms with Gasteiger partial charge >= 0.3 is 5.97 Å². The molecule has 0 aromatic rings. The molecule has 1 amide bonds. The van der Waals surface area contributed by atoms with Gasteiger partial charge in [-0.3, -0.25) is 14.5 Å². The van der Waals surface area contributed by atoms with Gasteiger partial charge < -0.3 is 49.5 Å². The van der Waals surface area contributed by atoms with Crippen molar-refractivity contribution < 1.29 is 53.3 Å². The summed E-state index contributed by atoms with van der Waals surface area (Å²) in [4.78, 5) is 28.8. The Morgan fingerprint density at radius 2 is 1.61 bits per heavy atom. The Morgan fingerprint density at radius 1 is 1.00 bits per heavy atom. The van der Waals surface area contributed by atoms with E-state index >= 15 is 0 Å². The van der Waals surface area contributed by atoms with Crippen LogP contribution in [0.2, 0.25) is 0 Å². The van der Waals surface area contributed by atoms with E-state index in [1.54, 1.807) is 14.0 Å². The summed E-state index contributed by atoms with van der Waals surface area (Å²) in [5.41, 5.74) is 2.52. The minimum absolute atomic E-state index is 0.174. The Bertz CT molecular complexity index is 1280. The number of aliphatic hydroxyl groups is 3. The van der Waals surface area contributed by atoms with Crippen LogP contribution in [-0.4, -0.2) is 131 Å². The third kappa shape index (κ3) is 10.7. The zero-order valence-corrected chi connectivity index (χ0v) is 37.5. The molecule has 0 spiro atoms. The highest BCUT2D eigenvalue weighted by molar-refractivity contribution is 5.75. The third-order valence-corrected chi connectivity index (χ3v) is 14.3. The van der Waals surface area contributed by atoms with E-state index in [1.807, 2.05) is 55.5 Å². The number of ether oxygens (including phenoxy) is 6. The summed E-state index contributed by atoms with van der Waals surface area (Å²) in [5.74, 6) is -3.69. The molecule has 56 heavy (non-hydrogen) atoms. The van der Waals surface area contributed by atoms with Gasteiger partial charge in [-0.15, -0.1) is 0 Å². The number of amides is 1. The van der Waals surface area contributed by atoms with Crippen molar-refractivity contribution in [2.45, 2.75) is 201 Å². The summed E-state index contributed by atoms with van der Waals surface area (Å²) >= 11 is 0. The first-order valence-corrected chi connectivity index (χ1v) is 21.2. The summed E-state index contributed by atoms with van der Waals surface area (Å²) in [5, 5.41) is 35.4. The first kappa shape index (κ1) is 48.9. The van der Waals surface area contributed by atoms with Gasteiger partial charge in [0, 0.05) is 31.5 Å². The molecular weight excluding hydrogens is 720 g/mol. The van der Waals surface area contributed by atoms with Crippen LogP contribution < -0.4 is 5.73 Å². The molecule has 13 nitrogen and oxygen atoms in total. The number of nitrogens with two attached hydrogens (primary N) is 1. The predicted octanol–water partition coefficient (Wildman–Crippen LogP) is 4.69. The number of esters is 1. The molecule has 0 aromatic carbocycles. The van der Waals surface area contributed by atoms with Crippen molar-refractivity contribution in [3.8, 4) is 0 Å². The van der Waals surface area contributed by atoms with Crippen LogP contribution in [-0.2, 0) is 38.0 Å². The quantitative estimate of drug-likeness (QED) is 0.225. The van der Waals surface area contributed by atoms with Crippen molar-refractivity contribution in [1.82, 2.24) is 4.90 Å². The monoisotopic (exact) mass is 801 g/mol. The number of primary amides is 1. The summed E-state index contributed by atoms with van der Waals surface area (Å²) in [6.07, 6.45) is -4.43. The van der Waals surface area contributed by atoms with Gasteiger partial charge in [-0.25, -0.2) is 0 Å². The second-order valence-corrected chi connectivity index (χ2v) is 19.3. The zero-order valence-electron chi connectivity index (χ0n) is 37.5. The Morgan fingerprint density at radius 3 is 2.14 bits per heavy atom. The Balaban J connectivity index is 2.29. The van der Waals surface area contributed by atoms with E-state index in [0.29, 0.717) is 25.7 Å². The maximum absolute atomic E-state index is 14.6. The fraction of sp³-hybridized carbons (Fsp3) is 0.953. The number of hydrogen-bond acceptors (Lipinski definition) is 12. The van der Waals surface area contributed by atoms with E-state index in [0.717, 1.165) is 0 Å². The molecular formula is C43H80N2O11. The molecule has 13 heteroatoms. The van der Waals surface area contributed by atoms with E-state index in [2.05, 4.69) is 46.4 Å². The maximum Gasteiger partial charge on any atom is 0.309 e. The van der Waals surface area contributed by atoms with E-state index in [9.17, 15) is 24.9 Å². The van der Waals surface area contributed by atoms with Gasteiger partial charge in [0.2, 0.25) is 5.91 Å². The van der Waals surface area contributed by atoms with Crippen LogP contribution in [0.5, 0.6) is 0 Å². The van der Waals surface area contributed by atoms with Gasteiger partial charge in [0.25, 0.3) is 0 Å². The number of likely N-dealkylation sites (N-methyl/N-ethyl adjacent to an activating group) is 1. The molecule has 3 rings (SSSR count). The predicted molar refractivity (Wildman–Crippen MR) is 214 cm³/mol. The lowest BCUT2D eigenvalue weighted by atomic mass is 9.64. The molecule has 3 fully saturated rings. The van der Waals surface area contributed by atoms with Gasteiger partial charge in [-0.2, -0.15) is 0 Å². The largest absolute Gasteiger partial charge is 0.459 e. The average molecular weight is 801 g/mol. The molecule has 3 aliphatic rings. The number of rotatable bonds is 10. The van der Waals surface area contributed by atoms with Crippen molar-refractivity contribution in [2.75, 3.05) is 20.8 Å². The normalized spacial score (nSPS) is 46.0. The van der Waals surface area contributed by atoms with Gasteiger partial charge in [0.15, 0.2) is 6.29 Å². The molecule has 5 N–H and O–H groups in total. The fourth-order valence-electron chi connectivity index (χ4n) is 10.5. The van der Waals surface area contributed by atoms with Crippen molar-refractivity contribution in [3.63, 3.8) is 0 Å². The molecule has 0 bridgehead atoms. The number of aliphatic hydroxyl groups excluding tert-OH is 2.